The van der Waals surface area contributed by atoms with Gasteiger partial charge in [0.1, 0.15) is 0 Å². The average Bonchev–Trinajstić information content (AvgIpc) is 3.68. The number of hydrogen-bond acceptors (Lipinski definition) is 6. The molecule has 2 aliphatic heterocycles. The standard InChI is InChI=1S/C30H40Br2N4O2S2/c1-5-9-15-34-19(8-4)17-36-28(22-12-14-24(32)40-22)26-25(30(36)38)27(21-11-13-23(31)39-21)35(29(26)37)16-18(7-3)20(33)10-6-2/h11-14,18-20,34H,5-10,15-17,33H2,1-4H3. The third kappa shape index (κ3) is 6.52. The summed E-state index contributed by atoms with van der Waals surface area (Å²) in [6, 6.07) is 8.12. The summed E-state index contributed by atoms with van der Waals surface area (Å²) in [7, 11) is 0. The van der Waals surface area contributed by atoms with Crippen molar-refractivity contribution in [3.63, 3.8) is 0 Å². The van der Waals surface area contributed by atoms with Gasteiger partial charge in [0.05, 0.1) is 39.9 Å². The van der Waals surface area contributed by atoms with Gasteiger partial charge >= 0.3 is 0 Å². The van der Waals surface area contributed by atoms with Crippen molar-refractivity contribution in [1.82, 2.24) is 15.1 Å². The van der Waals surface area contributed by atoms with E-state index in [1.54, 1.807) is 22.7 Å². The first-order valence-electron chi connectivity index (χ1n) is 14.4. The summed E-state index contributed by atoms with van der Waals surface area (Å²) in [6.45, 7) is 10.5. The maximum atomic E-state index is 14.4. The zero-order chi connectivity index (χ0) is 29.0. The average molecular weight is 713 g/mol. The van der Waals surface area contributed by atoms with Gasteiger partial charge in [0, 0.05) is 25.2 Å². The fraction of sp³-hybridized carbons (Fsp3) is 0.533. The van der Waals surface area contributed by atoms with Crippen LogP contribution in [0.4, 0.5) is 0 Å². The highest BCUT2D eigenvalue weighted by atomic mass is 79.9. The molecule has 10 heteroatoms. The highest BCUT2D eigenvalue weighted by molar-refractivity contribution is 9.11. The Morgan fingerprint density at radius 2 is 1.38 bits per heavy atom. The van der Waals surface area contributed by atoms with Gasteiger partial charge in [-0.25, -0.2) is 0 Å². The normalized spacial score (nSPS) is 17.9. The van der Waals surface area contributed by atoms with E-state index in [9.17, 15) is 9.59 Å². The number of fused-ring (bicyclic) bond motifs is 1. The molecule has 2 amide bonds. The third-order valence-corrected chi connectivity index (χ3v) is 11.1. The smallest absolute Gasteiger partial charge is 0.261 e. The molecule has 0 radical (unpaired) electrons. The van der Waals surface area contributed by atoms with Crippen molar-refractivity contribution in [3.8, 4) is 0 Å². The van der Waals surface area contributed by atoms with E-state index in [1.807, 2.05) is 34.1 Å². The van der Waals surface area contributed by atoms with Crippen molar-refractivity contribution in [1.29, 1.82) is 0 Å². The molecule has 3 atom stereocenters. The Kier molecular flexibility index (Phi) is 11.3. The van der Waals surface area contributed by atoms with E-state index in [-0.39, 0.29) is 29.8 Å². The highest BCUT2D eigenvalue weighted by Gasteiger charge is 2.50. The predicted octanol–water partition coefficient (Wildman–Crippen LogP) is 7.46. The van der Waals surface area contributed by atoms with E-state index in [2.05, 4.69) is 64.9 Å². The van der Waals surface area contributed by atoms with E-state index < -0.39 is 0 Å². The number of unbranched alkanes of at least 4 members (excludes halogenated alkanes) is 1. The Morgan fingerprint density at radius 3 is 1.80 bits per heavy atom. The molecular formula is C30H40Br2N4O2S2. The Bertz CT molecular complexity index is 1280. The van der Waals surface area contributed by atoms with E-state index in [4.69, 9.17) is 5.73 Å². The molecular weight excluding hydrogens is 672 g/mol. The topological polar surface area (TPSA) is 78.7 Å². The summed E-state index contributed by atoms with van der Waals surface area (Å²) in [5.74, 6) is -0.0503. The number of nitrogens with zero attached hydrogens (tertiary/aromatic N) is 2. The molecule has 3 N–H and O–H groups in total. The highest BCUT2D eigenvalue weighted by Crippen LogP contribution is 2.49. The summed E-state index contributed by atoms with van der Waals surface area (Å²) in [4.78, 5) is 34.4. The maximum Gasteiger partial charge on any atom is 0.261 e. The number of halogens is 2. The van der Waals surface area contributed by atoms with Gasteiger partial charge in [-0.15, -0.1) is 22.7 Å². The van der Waals surface area contributed by atoms with Crippen LogP contribution in [0.15, 0.2) is 43.0 Å². The van der Waals surface area contributed by atoms with Crippen LogP contribution in [-0.4, -0.2) is 53.3 Å². The van der Waals surface area contributed by atoms with Gasteiger partial charge in [-0.3, -0.25) is 9.59 Å². The van der Waals surface area contributed by atoms with E-state index in [0.717, 1.165) is 73.8 Å². The van der Waals surface area contributed by atoms with E-state index in [0.29, 0.717) is 24.2 Å². The van der Waals surface area contributed by atoms with Gasteiger partial charge in [0.2, 0.25) is 0 Å². The Morgan fingerprint density at radius 1 is 0.825 bits per heavy atom. The first-order chi connectivity index (χ1) is 19.2. The fourth-order valence-corrected chi connectivity index (χ4v) is 8.45. The van der Waals surface area contributed by atoms with Crippen molar-refractivity contribution < 1.29 is 9.59 Å². The van der Waals surface area contributed by atoms with Crippen molar-refractivity contribution in [2.24, 2.45) is 11.7 Å². The largest absolute Gasteiger partial charge is 0.327 e. The minimum Gasteiger partial charge on any atom is -0.327 e. The molecule has 4 heterocycles. The van der Waals surface area contributed by atoms with Crippen molar-refractivity contribution in [2.75, 3.05) is 19.6 Å². The van der Waals surface area contributed by atoms with E-state index in [1.165, 1.54) is 0 Å². The number of hydrogen-bond donors (Lipinski definition) is 2. The fourth-order valence-electron chi connectivity index (χ4n) is 5.55. The molecule has 0 saturated heterocycles. The van der Waals surface area contributed by atoms with Crippen LogP contribution in [0.2, 0.25) is 0 Å². The van der Waals surface area contributed by atoms with Crippen LogP contribution in [0, 0.1) is 5.92 Å². The van der Waals surface area contributed by atoms with Gasteiger partial charge in [-0.2, -0.15) is 0 Å². The second-order valence-electron chi connectivity index (χ2n) is 10.5. The van der Waals surface area contributed by atoms with Crippen LogP contribution in [-0.2, 0) is 9.59 Å². The molecule has 0 fully saturated rings. The van der Waals surface area contributed by atoms with Crippen LogP contribution < -0.4 is 11.1 Å². The maximum absolute atomic E-state index is 14.4. The predicted molar refractivity (Wildman–Crippen MR) is 175 cm³/mol. The molecule has 0 aromatic carbocycles. The van der Waals surface area contributed by atoms with Crippen LogP contribution in [0.3, 0.4) is 0 Å². The van der Waals surface area contributed by atoms with Crippen LogP contribution in [0.5, 0.6) is 0 Å². The van der Waals surface area contributed by atoms with Crippen molar-refractivity contribution in [2.45, 2.75) is 78.3 Å². The minimum absolute atomic E-state index is 0.00188. The molecule has 3 unspecified atom stereocenters. The third-order valence-electron chi connectivity index (χ3n) is 7.82. The lowest BCUT2D eigenvalue weighted by molar-refractivity contribution is -0.124. The van der Waals surface area contributed by atoms with Crippen LogP contribution in [0.25, 0.3) is 11.4 Å². The number of nitrogens with one attached hydrogen (secondary N) is 1. The zero-order valence-corrected chi connectivity index (χ0v) is 28.6. The molecule has 2 aliphatic rings. The molecule has 0 bridgehead atoms. The lowest BCUT2D eigenvalue weighted by Gasteiger charge is -2.31. The Balaban J connectivity index is 1.84. The number of carbonyl (C=O) groups excluding carboxylic acids is 2. The molecule has 0 aliphatic carbocycles. The minimum atomic E-state index is -0.0981. The van der Waals surface area contributed by atoms with Gasteiger partial charge in [0.15, 0.2) is 0 Å². The number of amides is 2. The first-order valence-corrected chi connectivity index (χ1v) is 17.6. The summed E-state index contributed by atoms with van der Waals surface area (Å²) < 4.78 is 1.93. The lowest BCUT2D eigenvalue weighted by atomic mass is 9.93. The zero-order valence-electron chi connectivity index (χ0n) is 23.8. The van der Waals surface area contributed by atoms with Gasteiger partial charge in [-0.05, 0) is 87.9 Å². The lowest BCUT2D eigenvalue weighted by Crippen LogP contribution is -2.42. The molecule has 4 rings (SSSR count). The molecule has 40 heavy (non-hydrogen) atoms. The Hall–Kier alpha value is -1.30. The number of nitrogens with two attached hydrogens (primary N) is 1. The molecule has 218 valence electrons. The second-order valence-corrected chi connectivity index (χ2v) is 15.4. The van der Waals surface area contributed by atoms with Crippen molar-refractivity contribution in [3.05, 3.63) is 52.7 Å². The SMILES string of the molecule is CCCCNC(CC)CN1C(=O)C2=C(c3ccc(Br)s3)N(CC(CC)C(N)CCC)C(=O)C2=C1c1ccc(Br)s1. The van der Waals surface area contributed by atoms with Crippen molar-refractivity contribution >= 4 is 77.7 Å². The molecule has 2 aromatic heterocycles. The monoisotopic (exact) mass is 710 g/mol. The Labute approximate surface area is 263 Å². The van der Waals surface area contributed by atoms with Crippen LogP contribution in [0.1, 0.15) is 76.0 Å². The van der Waals surface area contributed by atoms with Gasteiger partial charge in [-0.1, -0.05) is 47.0 Å². The van der Waals surface area contributed by atoms with Gasteiger partial charge in [0.25, 0.3) is 11.8 Å². The van der Waals surface area contributed by atoms with Crippen LogP contribution >= 0.6 is 54.5 Å². The summed E-state index contributed by atoms with van der Waals surface area (Å²) in [6.07, 6.45) is 5.87. The number of rotatable bonds is 15. The van der Waals surface area contributed by atoms with Gasteiger partial charge < -0.3 is 20.9 Å². The molecule has 6 nitrogen and oxygen atoms in total. The molecule has 2 aromatic rings. The second kappa shape index (κ2) is 14.2. The summed E-state index contributed by atoms with van der Waals surface area (Å²) in [5.41, 5.74) is 9.12. The number of thiophene rings is 2. The van der Waals surface area contributed by atoms with E-state index >= 15 is 0 Å². The quantitative estimate of drug-likeness (QED) is 0.188. The number of carbonyl (C=O) groups is 2. The molecule has 0 saturated carbocycles. The summed E-state index contributed by atoms with van der Waals surface area (Å²) >= 11 is 10.3. The molecule has 0 spiro atoms. The first kappa shape index (κ1) is 31.6. The summed E-state index contributed by atoms with van der Waals surface area (Å²) in [5, 5.41) is 3.63.